The van der Waals surface area contributed by atoms with Crippen LogP contribution in [0.15, 0.2) is 60.7 Å². The van der Waals surface area contributed by atoms with Crippen LogP contribution in [0.25, 0.3) is 0 Å². The van der Waals surface area contributed by atoms with Crippen molar-refractivity contribution in [3.63, 3.8) is 0 Å². The van der Waals surface area contributed by atoms with Gasteiger partial charge in [-0.15, -0.1) is 0 Å². The van der Waals surface area contributed by atoms with Crippen molar-refractivity contribution in [2.75, 3.05) is 7.11 Å². The number of esters is 3. The summed E-state index contributed by atoms with van der Waals surface area (Å²) in [6.45, 7) is 2.09. The summed E-state index contributed by atoms with van der Waals surface area (Å²) in [6.07, 6.45) is 3.98. The van der Waals surface area contributed by atoms with Crippen molar-refractivity contribution in [2.45, 2.75) is 76.9 Å². The number of unbranched alkanes of at least 4 members (excludes halogenated alkanes) is 2. The third kappa shape index (κ3) is 8.54. The van der Waals surface area contributed by atoms with Gasteiger partial charge in [0.25, 0.3) is 0 Å². The Kier molecular flexibility index (Phi) is 11.5. The number of carbonyl (C=O) groups is 4. The highest BCUT2D eigenvalue weighted by atomic mass is 16.6. The van der Waals surface area contributed by atoms with Gasteiger partial charge in [-0.05, 0) is 43.5 Å². The molecule has 0 N–H and O–H groups in total. The molecule has 0 aliphatic heterocycles. The highest BCUT2D eigenvalue weighted by Crippen LogP contribution is 2.42. The standard InChI is InChI=1S/C31H38O7/c1-3-4-7-16-24(32)17-18-25-26(19-20-29(33)36-2)28(38-31(35)23-14-10-6-11-15-23)21-27(25)37-30(34)22-12-8-5-9-13-22/h5-6,8-15,25-28H,3-4,7,16-21H2,1-2H3/t25-,26+,27-,28+/m1/s1. The maximum atomic E-state index is 13.0. The predicted molar refractivity (Wildman–Crippen MR) is 143 cm³/mol. The Balaban J connectivity index is 1.81. The summed E-state index contributed by atoms with van der Waals surface area (Å²) in [5.41, 5.74) is 0.851. The van der Waals surface area contributed by atoms with Gasteiger partial charge in [-0.2, -0.15) is 0 Å². The highest BCUT2D eigenvalue weighted by molar-refractivity contribution is 5.90. The Labute approximate surface area is 224 Å². The molecule has 2 aromatic carbocycles. The fourth-order valence-corrected chi connectivity index (χ4v) is 5.17. The summed E-state index contributed by atoms with van der Waals surface area (Å²) in [5, 5.41) is 0. The number of hydrogen-bond acceptors (Lipinski definition) is 7. The van der Waals surface area contributed by atoms with Crippen LogP contribution in [0, 0.1) is 11.8 Å². The molecule has 1 aliphatic rings. The minimum absolute atomic E-state index is 0.140. The van der Waals surface area contributed by atoms with E-state index in [1.54, 1.807) is 48.5 Å². The summed E-state index contributed by atoms with van der Waals surface area (Å²) in [5.74, 6) is -1.63. The third-order valence-electron chi connectivity index (χ3n) is 7.23. The Morgan fingerprint density at radius 1 is 0.711 bits per heavy atom. The Hall–Kier alpha value is -3.48. The highest BCUT2D eigenvalue weighted by Gasteiger charge is 2.47. The number of methoxy groups -OCH3 is 1. The summed E-state index contributed by atoms with van der Waals surface area (Å²) >= 11 is 0. The SMILES string of the molecule is CCCCCC(=O)CC[C@@H]1[C@H](CCC(=O)OC)[C@@H](OC(=O)c2ccccc2)C[C@H]1OC(=O)c1ccccc1. The van der Waals surface area contributed by atoms with Crippen molar-refractivity contribution < 1.29 is 33.4 Å². The van der Waals surface area contributed by atoms with E-state index >= 15 is 0 Å². The molecule has 0 spiro atoms. The first-order valence-electron chi connectivity index (χ1n) is 13.5. The van der Waals surface area contributed by atoms with Crippen LogP contribution in [0.3, 0.4) is 0 Å². The fraction of sp³-hybridized carbons (Fsp3) is 0.484. The molecule has 7 heteroatoms. The van der Waals surface area contributed by atoms with E-state index in [0.29, 0.717) is 43.2 Å². The smallest absolute Gasteiger partial charge is 0.338 e. The van der Waals surface area contributed by atoms with Crippen LogP contribution in [0.4, 0.5) is 0 Å². The average Bonchev–Trinajstić information content (AvgIpc) is 3.26. The molecule has 0 unspecified atom stereocenters. The number of hydrogen-bond donors (Lipinski definition) is 0. The zero-order chi connectivity index (χ0) is 27.3. The lowest BCUT2D eigenvalue weighted by molar-refractivity contribution is -0.141. The zero-order valence-electron chi connectivity index (χ0n) is 22.3. The Morgan fingerprint density at radius 3 is 1.68 bits per heavy atom. The molecule has 2 aromatic rings. The van der Waals surface area contributed by atoms with Gasteiger partial charge in [0.1, 0.15) is 18.0 Å². The number of ketones is 1. The molecule has 204 valence electrons. The van der Waals surface area contributed by atoms with Crippen LogP contribution in [0.5, 0.6) is 0 Å². The van der Waals surface area contributed by atoms with E-state index in [9.17, 15) is 19.2 Å². The fourth-order valence-electron chi connectivity index (χ4n) is 5.17. The molecule has 1 aliphatic carbocycles. The van der Waals surface area contributed by atoms with Crippen molar-refractivity contribution in [2.24, 2.45) is 11.8 Å². The van der Waals surface area contributed by atoms with Crippen LogP contribution in [0.1, 0.15) is 85.4 Å². The van der Waals surface area contributed by atoms with Crippen molar-refractivity contribution in [3.8, 4) is 0 Å². The summed E-state index contributed by atoms with van der Waals surface area (Å²) < 4.78 is 16.8. The third-order valence-corrected chi connectivity index (χ3v) is 7.23. The first kappa shape index (κ1) is 29.1. The van der Waals surface area contributed by atoms with Crippen LogP contribution in [-0.2, 0) is 23.8 Å². The molecule has 1 fully saturated rings. The molecular formula is C31H38O7. The van der Waals surface area contributed by atoms with E-state index in [4.69, 9.17) is 14.2 Å². The predicted octanol–water partition coefficient (Wildman–Crippen LogP) is 5.96. The summed E-state index contributed by atoms with van der Waals surface area (Å²) in [6, 6.07) is 17.4. The van der Waals surface area contributed by atoms with E-state index in [-0.39, 0.29) is 30.0 Å². The van der Waals surface area contributed by atoms with Crippen molar-refractivity contribution in [1.29, 1.82) is 0 Å². The van der Waals surface area contributed by atoms with Gasteiger partial charge in [-0.1, -0.05) is 56.2 Å². The van der Waals surface area contributed by atoms with E-state index in [1.807, 2.05) is 12.1 Å². The van der Waals surface area contributed by atoms with Gasteiger partial charge in [0.2, 0.25) is 0 Å². The second-order valence-corrected chi connectivity index (χ2v) is 9.83. The second-order valence-electron chi connectivity index (χ2n) is 9.83. The minimum Gasteiger partial charge on any atom is -0.469 e. The molecule has 7 nitrogen and oxygen atoms in total. The minimum atomic E-state index is -0.568. The van der Waals surface area contributed by atoms with Gasteiger partial charge in [0.15, 0.2) is 0 Å². The van der Waals surface area contributed by atoms with Gasteiger partial charge in [-0.3, -0.25) is 9.59 Å². The largest absolute Gasteiger partial charge is 0.469 e. The van der Waals surface area contributed by atoms with E-state index in [2.05, 4.69) is 6.92 Å². The second kappa shape index (κ2) is 15.1. The van der Waals surface area contributed by atoms with Gasteiger partial charge in [-0.25, -0.2) is 9.59 Å². The van der Waals surface area contributed by atoms with Gasteiger partial charge in [0.05, 0.1) is 18.2 Å². The first-order chi connectivity index (χ1) is 18.4. The summed E-state index contributed by atoms with van der Waals surface area (Å²) in [4.78, 5) is 50.5. The van der Waals surface area contributed by atoms with Gasteiger partial charge in [0, 0.05) is 37.5 Å². The molecule has 0 bridgehead atoms. The lowest BCUT2D eigenvalue weighted by Gasteiger charge is -2.26. The molecule has 38 heavy (non-hydrogen) atoms. The van der Waals surface area contributed by atoms with E-state index in [1.165, 1.54) is 7.11 Å². The topological polar surface area (TPSA) is 96.0 Å². The van der Waals surface area contributed by atoms with Crippen molar-refractivity contribution in [1.82, 2.24) is 0 Å². The molecule has 0 amide bonds. The summed E-state index contributed by atoms with van der Waals surface area (Å²) in [7, 11) is 1.33. The Morgan fingerprint density at radius 2 is 1.21 bits per heavy atom. The molecule has 0 radical (unpaired) electrons. The maximum Gasteiger partial charge on any atom is 0.338 e. The van der Waals surface area contributed by atoms with E-state index in [0.717, 1.165) is 19.3 Å². The van der Waals surface area contributed by atoms with Crippen LogP contribution >= 0.6 is 0 Å². The van der Waals surface area contributed by atoms with Crippen LogP contribution < -0.4 is 0 Å². The molecule has 1 saturated carbocycles. The average molecular weight is 523 g/mol. The monoisotopic (exact) mass is 522 g/mol. The number of Topliss-reactive ketones (excluding diaryl/α,β-unsaturated/α-hetero) is 1. The molecule has 0 heterocycles. The number of rotatable bonds is 14. The maximum absolute atomic E-state index is 13.0. The van der Waals surface area contributed by atoms with Gasteiger partial charge >= 0.3 is 17.9 Å². The molecule has 4 atom stereocenters. The first-order valence-corrected chi connectivity index (χ1v) is 13.5. The van der Waals surface area contributed by atoms with Crippen molar-refractivity contribution >= 4 is 23.7 Å². The lowest BCUT2D eigenvalue weighted by atomic mass is 9.85. The molecular weight excluding hydrogens is 484 g/mol. The van der Waals surface area contributed by atoms with Crippen molar-refractivity contribution in [3.05, 3.63) is 71.8 Å². The number of carbonyl (C=O) groups excluding carboxylic acids is 4. The van der Waals surface area contributed by atoms with Crippen LogP contribution in [-0.4, -0.2) is 43.0 Å². The Bertz CT molecular complexity index is 1050. The zero-order valence-corrected chi connectivity index (χ0v) is 22.3. The quantitative estimate of drug-likeness (QED) is 0.172. The molecule has 0 aromatic heterocycles. The van der Waals surface area contributed by atoms with Crippen LogP contribution in [0.2, 0.25) is 0 Å². The molecule has 0 saturated heterocycles. The number of ether oxygens (including phenoxy) is 3. The lowest BCUT2D eigenvalue weighted by Crippen LogP contribution is -2.28. The van der Waals surface area contributed by atoms with E-state index < -0.39 is 24.1 Å². The van der Waals surface area contributed by atoms with Gasteiger partial charge < -0.3 is 14.2 Å². The molecule has 3 rings (SSSR count). The number of benzene rings is 2. The normalized spacial score (nSPS) is 20.5.